The van der Waals surface area contributed by atoms with Crippen molar-refractivity contribution in [2.45, 2.75) is 6.92 Å². The Hall–Kier alpha value is -7.56. The fourth-order valence-electron chi connectivity index (χ4n) is 8.43. The van der Waals surface area contributed by atoms with Gasteiger partial charge in [0.15, 0.2) is 5.82 Å². The third-order valence-electron chi connectivity index (χ3n) is 11.2. The van der Waals surface area contributed by atoms with Crippen LogP contribution in [-0.2, 0) is 0 Å². The zero-order valence-corrected chi connectivity index (χ0v) is 31.3. The monoisotopic (exact) mass is 728 g/mol. The molecular formula is C53H36N4. The van der Waals surface area contributed by atoms with Crippen LogP contribution in [-0.4, -0.2) is 19.1 Å². The summed E-state index contributed by atoms with van der Waals surface area (Å²) >= 11 is 0. The summed E-state index contributed by atoms with van der Waals surface area (Å²) in [4.78, 5) is 10.3. The molecule has 0 aliphatic heterocycles. The van der Waals surface area contributed by atoms with E-state index in [9.17, 15) is 0 Å². The van der Waals surface area contributed by atoms with Crippen molar-refractivity contribution in [3.63, 3.8) is 0 Å². The predicted octanol–water partition coefficient (Wildman–Crippen LogP) is 13.6. The molecule has 0 atom stereocenters. The van der Waals surface area contributed by atoms with E-state index in [2.05, 4.69) is 204 Å². The first-order valence-electron chi connectivity index (χ1n) is 19.4. The normalized spacial score (nSPS) is 11.6. The van der Waals surface area contributed by atoms with E-state index in [1.54, 1.807) is 0 Å². The highest BCUT2D eigenvalue weighted by molar-refractivity contribution is 6.12. The van der Waals surface area contributed by atoms with Crippen LogP contribution in [0.2, 0.25) is 0 Å². The van der Waals surface area contributed by atoms with Crippen molar-refractivity contribution in [3.05, 3.63) is 206 Å². The first-order valence-corrected chi connectivity index (χ1v) is 19.4. The summed E-state index contributed by atoms with van der Waals surface area (Å²) in [6.45, 7) is 2.13. The summed E-state index contributed by atoms with van der Waals surface area (Å²) < 4.78 is 4.77. The van der Waals surface area contributed by atoms with E-state index in [0.717, 1.165) is 44.8 Å². The SMILES string of the molecule is Cc1ccc(-n2c3ccccc3c3cc(-c4ccc5c6ccccc6n(-c6cccc(-c7nc(-c8ccccc8)cc(-c8ccccc8)n7)c6)c5c4)ccc32)cc1. The Morgan fingerprint density at radius 3 is 1.53 bits per heavy atom. The van der Waals surface area contributed by atoms with Gasteiger partial charge in [-0.15, -0.1) is 0 Å². The van der Waals surface area contributed by atoms with Gasteiger partial charge in [0.1, 0.15) is 0 Å². The lowest BCUT2D eigenvalue weighted by atomic mass is 10.0. The fraction of sp³-hybridized carbons (Fsp3) is 0.0189. The first-order chi connectivity index (χ1) is 28.2. The van der Waals surface area contributed by atoms with Crippen LogP contribution >= 0.6 is 0 Å². The van der Waals surface area contributed by atoms with Gasteiger partial charge in [-0.25, -0.2) is 9.97 Å². The van der Waals surface area contributed by atoms with Crippen LogP contribution in [0.4, 0.5) is 0 Å². The zero-order chi connectivity index (χ0) is 37.9. The molecule has 0 spiro atoms. The van der Waals surface area contributed by atoms with Crippen LogP contribution in [0.15, 0.2) is 200 Å². The van der Waals surface area contributed by atoms with Crippen molar-refractivity contribution in [2.75, 3.05) is 0 Å². The van der Waals surface area contributed by atoms with Gasteiger partial charge in [-0.3, -0.25) is 0 Å². The molecule has 268 valence electrons. The van der Waals surface area contributed by atoms with E-state index in [-0.39, 0.29) is 0 Å². The van der Waals surface area contributed by atoms with E-state index in [4.69, 9.17) is 9.97 Å². The van der Waals surface area contributed by atoms with Crippen LogP contribution in [0.3, 0.4) is 0 Å². The fourth-order valence-corrected chi connectivity index (χ4v) is 8.43. The molecule has 11 aromatic rings. The highest BCUT2D eigenvalue weighted by atomic mass is 15.0. The predicted molar refractivity (Wildman–Crippen MR) is 237 cm³/mol. The number of hydrogen-bond donors (Lipinski definition) is 0. The number of para-hydroxylation sites is 2. The van der Waals surface area contributed by atoms with Crippen molar-refractivity contribution in [1.29, 1.82) is 0 Å². The Kier molecular flexibility index (Phi) is 7.68. The molecule has 57 heavy (non-hydrogen) atoms. The molecule has 4 nitrogen and oxygen atoms in total. The summed E-state index contributed by atoms with van der Waals surface area (Å²) in [6.07, 6.45) is 0. The molecule has 0 fully saturated rings. The minimum atomic E-state index is 0.691. The average Bonchev–Trinajstić information content (AvgIpc) is 3.79. The van der Waals surface area contributed by atoms with E-state index >= 15 is 0 Å². The molecule has 11 rings (SSSR count). The van der Waals surface area contributed by atoms with Crippen LogP contribution < -0.4 is 0 Å². The number of benzene rings is 8. The molecule has 0 N–H and O–H groups in total. The smallest absolute Gasteiger partial charge is 0.160 e. The van der Waals surface area contributed by atoms with Crippen LogP contribution in [0.5, 0.6) is 0 Å². The number of aryl methyl sites for hydroxylation is 1. The van der Waals surface area contributed by atoms with Crippen LogP contribution in [0.1, 0.15) is 5.56 Å². The standard InChI is InChI=1S/C53H36N4/c1-35-23-27-41(28-24-35)56-50-22-11-9-20-44(50)46-32-38(26-30-51(46)56)39-25-29-45-43-19-8-10-21-49(43)57(52(45)33-39)42-18-12-17-40(31-42)53-54-47(36-13-4-2-5-14-36)34-48(55-53)37-15-6-3-7-16-37/h2-34H,1H3. The maximum Gasteiger partial charge on any atom is 0.160 e. The minimum absolute atomic E-state index is 0.691. The summed E-state index contributed by atoms with van der Waals surface area (Å²) in [5.74, 6) is 0.691. The second kappa shape index (κ2) is 13.3. The Morgan fingerprint density at radius 1 is 0.316 bits per heavy atom. The largest absolute Gasteiger partial charge is 0.309 e. The molecule has 3 heterocycles. The highest BCUT2D eigenvalue weighted by Crippen LogP contribution is 2.39. The van der Waals surface area contributed by atoms with Gasteiger partial charge < -0.3 is 9.13 Å². The topological polar surface area (TPSA) is 35.6 Å². The molecule has 8 aromatic carbocycles. The minimum Gasteiger partial charge on any atom is -0.309 e. The summed E-state index contributed by atoms with van der Waals surface area (Å²) in [7, 11) is 0. The number of fused-ring (bicyclic) bond motifs is 6. The van der Waals surface area contributed by atoms with Gasteiger partial charge in [-0.1, -0.05) is 145 Å². The molecule has 0 aliphatic carbocycles. The van der Waals surface area contributed by atoms with E-state index in [1.165, 1.54) is 55.0 Å². The molecule has 0 bridgehead atoms. The molecule has 0 unspecified atom stereocenters. The third kappa shape index (κ3) is 5.61. The zero-order valence-electron chi connectivity index (χ0n) is 31.3. The van der Waals surface area contributed by atoms with Crippen LogP contribution in [0, 0.1) is 6.92 Å². The van der Waals surface area contributed by atoms with Crippen LogP contribution in [0.25, 0.3) is 100 Å². The number of nitrogens with zero attached hydrogens (tertiary/aromatic N) is 4. The van der Waals surface area contributed by atoms with E-state index in [0.29, 0.717) is 5.82 Å². The van der Waals surface area contributed by atoms with E-state index < -0.39 is 0 Å². The van der Waals surface area contributed by atoms with Crippen molar-refractivity contribution in [2.24, 2.45) is 0 Å². The summed E-state index contributed by atoms with van der Waals surface area (Å²) in [5.41, 5.74) is 15.4. The van der Waals surface area contributed by atoms with Gasteiger partial charge in [0.25, 0.3) is 0 Å². The third-order valence-corrected chi connectivity index (χ3v) is 11.2. The molecule has 3 aromatic heterocycles. The molecule has 0 saturated carbocycles. The quantitative estimate of drug-likeness (QED) is 0.171. The molecule has 0 radical (unpaired) electrons. The first kappa shape index (κ1) is 32.8. The van der Waals surface area contributed by atoms with Gasteiger partial charge in [-0.2, -0.15) is 0 Å². The number of hydrogen-bond acceptors (Lipinski definition) is 2. The highest BCUT2D eigenvalue weighted by Gasteiger charge is 2.17. The van der Waals surface area contributed by atoms with Crippen molar-refractivity contribution >= 4 is 43.6 Å². The molecule has 4 heteroatoms. The van der Waals surface area contributed by atoms with E-state index in [1.807, 2.05) is 12.1 Å². The van der Waals surface area contributed by atoms with Gasteiger partial charge in [0.05, 0.1) is 33.5 Å². The Morgan fingerprint density at radius 2 is 0.842 bits per heavy atom. The second-order valence-electron chi connectivity index (χ2n) is 14.7. The Labute approximate surface area is 330 Å². The van der Waals surface area contributed by atoms with Gasteiger partial charge in [0.2, 0.25) is 0 Å². The molecule has 0 saturated heterocycles. The van der Waals surface area contributed by atoms with Gasteiger partial charge in [0, 0.05) is 49.6 Å². The van der Waals surface area contributed by atoms with Crippen molar-refractivity contribution in [1.82, 2.24) is 19.1 Å². The van der Waals surface area contributed by atoms with Crippen molar-refractivity contribution in [3.8, 4) is 56.4 Å². The molecule has 0 amide bonds. The lowest BCUT2D eigenvalue weighted by molar-refractivity contribution is 1.16. The second-order valence-corrected chi connectivity index (χ2v) is 14.7. The van der Waals surface area contributed by atoms with Crippen molar-refractivity contribution < 1.29 is 0 Å². The summed E-state index contributed by atoms with van der Waals surface area (Å²) in [6, 6.07) is 71.5. The lowest BCUT2D eigenvalue weighted by Crippen LogP contribution is -1.98. The number of rotatable bonds is 6. The lowest BCUT2D eigenvalue weighted by Gasteiger charge is -2.12. The average molecular weight is 729 g/mol. The Bertz CT molecular complexity index is 3230. The Balaban J connectivity index is 1.07. The molecular weight excluding hydrogens is 693 g/mol. The maximum absolute atomic E-state index is 5.15. The number of aromatic nitrogens is 4. The van der Waals surface area contributed by atoms with Gasteiger partial charge in [-0.05, 0) is 78.7 Å². The molecule has 0 aliphatic rings. The summed E-state index contributed by atoms with van der Waals surface area (Å²) in [5, 5.41) is 4.92. The maximum atomic E-state index is 5.15. The van der Waals surface area contributed by atoms with Gasteiger partial charge >= 0.3 is 0 Å².